The van der Waals surface area contributed by atoms with Crippen LogP contribution < -0.4 is 0 Å². The summed E-state index contributed by atoms with van der Waals surface area (Å²) in [4.78, 5) is 30.8. The highest BCUT2D eigenvalue weighted by atomic mass is 19.1. The van der Waals surface area contributed by atoms with E-state index in [1.165, 1.54) is 12.1 Å². The SMILES string of the molecule is C[C@@H]1c2cc(F)ccc2CCN1C(=O)[C@@H]1CC(=O)N(CCN(C)C)C1. The van der Waals surface area contributed by atoms with Gasteiger partial charge in [-0.25, -0.2) is 4.39 Å². The molecule has 0 aliphatic carbocycles. The molecule has 2 amide bonds. The van der Waals surface area contributed by atoms with E-state index in [-0.39, 0.29) is 36.0 Å². The zero-order valence-corrected chi connectivity index (χ0v) is 15.2. The number of nitrogens with zero attached hydrogens (tertiary/aromatic N) is 3. The molecule has 1 aromatic rings. The summed E-state index contributed by atoms with van der Waals surface area (Å²) >= 11 is 0. The molecule has 136 valence electrons. The number of carbonyl (C=O) groups is 2. The van der Waals surface area contributed by atoms with E-state index >= 15 is 0 Å². The first kappa shape index (κ1) is 17.9. The highest BCUT2D eigenvalue weighted by molar-refractivity contribution is 5.89. The molecule has 2 aliphatic heterocycles. The number of hydrogen-bond acceptors (Lipinski definition) is 3. The summed E-state index contributed by atoms with van der Waals surface area (Å²) in [5.74, 6) is -0.488. The molecule has 1 fully saturated rings. The van der Waals surface area contributed by atoms with Crippen LogP contribution in [0.3, 0.4) is 0 Å². The van der Waals surface area contributed by atoms with Crippen molar-refractivity contribution < 1.29 is 14.0 Å². The molecule has 3 rings (SSSR count). The van der Waals surface area contributed by atoms with Crippen LogP contribution in [-0.2, 0) is 16.0 Å². The fraction of sp³-hybridized carbons (Fsp3) is 0.579. The molecule has 0 radical (unpaired) electrons. The van der Waals surface area contributed by atoms with Gasteiger partial charge in [-0.15, -0.1) is 0 Å². The Balaban J connectivity index is 1.69. The first-order valence-corrected chi connectivity index (χ1v) is 8.88. The monoisotopic (exact) mass is 347 g/mol. The number of carbonyl (C=O) groups excluding carboxylic acids is 2. The second-order valence-corrected chi connectivity index (χ2v) is 7.34. The first-order chi connectivity index (χ1) is 11.9. The Morgan fingerprint density at radius 3 is 2.84 bits per heavy atom. The van der Waals surface area contributed by atoms with E-state index in [1.807, 2.05) is 36.9 Å². The van der Waals surface area contributed by atoms with E-state index in [4.69, 9.17) is 0 Å². The molecule has 0 saturated carbocycles. The molecule has 25 heavy (non-hydrogen) atoms. The zero-order valence-electron chi connectivity index (χ0n) is 15.2. The van der Waals surface area contributed by atoms with Crippen LogP contribution in [0, 0.1) is 11.7 Å². The maximum absolute atomic E-state index is 13.6. The minimum Gasteiger partial charge on any atom is -0.341 e. The number of likely N-dealkylation sites (N-methyl/N-ethyl adjacent to an activating group) is 1. The van der Waals surface area contributed by atoms with Crippen molar-refractivity contribution in [3.05, 3.63) is 35.1 Å². The quantitative estimate of drug-likeness (QED) is 0.832. The van der Waals surface area contributed by atoms with Gasteiger partial charge in [0.2, 0.25) is 11.8 Å². The molecule has 0 aromatic heterocycles. The molecule has 0 N–H and O–H groups in total. The van der Waals surface area contributed by atoms with Gasteiger partial charge in [0, 0.05) is 32.6 Å². The van der Waals surface area contributed by atoms with Crippen molar-refractivity contribution in [3.63, 3.8) is 0 Å². The van der Waals surface area contributed by atoms with Gasteiger partial charge in [0.1, 0.15) is 5.82 Å². The van der Waals surface area contributed by atoms with Crippen LogP contribution in [0.15, 0.2) is 18.2 Å². The van der Waals surface area contributed by atoms with Gasteiger partial charge in [-0.05, 0) is 50.7 Å². The van der Waals surface area contributed by atoms with Crippen LogP contribution in [0.1, 0.15) is 30.5 Å². The lowest BCUT2D eigenvalue weighted by atomic mass is 9.92. The van der Waals surface area contributed by atoms with Crippen LogP contribution in [0.5, 0.6) is 0 Å². The summed E-state index contributed by atoms with van der Waals surface area (Å²) in [6.07, 6.45) is 1.02. The number of hydrogen-bond donors (Lipinski definition) is 0. The second kappa shape index (κ2) is 7.12. The molecule has 0 spiro atoms. The Hall–Kier alpha value is -1.95. The highest BCUT2D eigenvalue weighted by Crippen LogP contribution is 2.32. The maximum Gasteiger partial charge on any atom is 0.228 e. The van der Waals surface area contributed by atoms with Gasteiger partial charge < -0.3 is 14.7 Å². The minimum atomic E-state index is -0.285. The van der Waals surface area contributed by atoms with Gasteiger partial charge in [0.15, 0.2) is 0 Å². The first-order valence-electron chi connectivity index (χ1n) is 8.88. The topological polar surface area (TPSA) is 43.9 Å². The molecule has 1 saturated heterocycles. The van der Waals surface area contributed by atoms with E-state index in [2.05, 4.69) is 0 Å². The van der Waals surface area contributed by atoms with Crippen LogP contribution in [0.4, 0.5) is 4.39 Å². The number of amides is 2. The number of rotatable bonds is 4. The average molecular weight is 347 g/mol. The van der Waals surface area contributed by atoms with Gasteiger partial charge in [0.05, 0.1) is 12.0 Å². The van der Waals surface area contributed by atoms with Crippen LogP contribution in [-0.4, -0.2) is 66.8 Å². The fourth-order valence-corrected chi connectivity index (χ4v) is 3.79. The average Bonchev–Trinajstić information content (AvgIpc) is 2.94. The standard InChI is InChI=1S/C19H26FN3O2/c1-13-17-11-16(20)5-4-14(17)6-7-23(13)19(25)15-10-18(24)22(12-15)9-8-21(2)3/h4-5,11,13,15H,6-10,12H2,1-3H3/t13-,15-/m1/s1. The van der Waals surface area contributed by atoms with E-state index in [9.17, 15) is 14.0 Å². The summed E-state index contributed by atoms with van der Waals surface area (Å²) < 4.78 is 13.6. The lowest BCUT2D eigenvalue weighted by Crippen LogP contribution is -2.43. The molecule has 2 atom stereocenters. The highest BCUT2D eigenvalue weighted by Gasteiger charge is 2.38. The summed E-state index contributed by atoms with van der Waals surface area (Å²) in [5, 5.41) is 0. The van der Waals surface area contributed by atoms with Crippen molar-refractivity contribution in [1.29, 1.82) is 0 Å². The van der Waals surface area contributed by atoms with Gasteiger partial charge in [-0.1, -0.05) is 6.07 Å². The van der Waals surface area contributed by atoms with Crippen LogP contribution >= 0.6 is 0 Å². The van der Waals surface area contributed by atoms with Crippen LogP contribution in [0.2, 0.25) is 0 Å². The van der Waals surface area contributed by atoms with Crippen molar-refractivity contribution >= 4 is 11.8 Å². The summed E-state index contributed by atoms with van der Waals surface area (Å²) in [5.41, 5.74) is 1.99. The number of halogens is 1. The van der Waals surface area contributed by atoms with Gasteiger partial charge >= 0.3 is 0 Å². The molecule has 2 heterocycles. The summed E-state index contributed by atoms with van der Waals surface area (Å²) in [6, 6.07) is 4.66. The Morgan fingerprint density at radius 2 is 2.12 bits per heavy atom. The van der Waals surface area contributed by atoms with Crippen molar-refractivity contribution in [2.24, 2.45) is 5.92 Å². The Kier molecular flexibility index (Phi) is 5.08. The summed E-state index contributed by atoms with van der Waals surface area (Å²) in [7, 11) is 3.93. The molecule has 2 aliphatic rings. The van der Waals surface area contributed by atoms with E-state index < -0.39 is 0 Å². The molecule has 1 aromatic carbocycles. The lowest BCUT2D eigenvalue weighted by Gasteiger charge is -2.36. The van der Waals surface area contributed by atoms with Crippen LogP contribution in [0.25, 0.3) is 0 Å². The van der Waals surface area contributed by atoms with Crippen molar-refractivity contribution in [1.82, 2.24) is 14.7 Å². The number of likely N-dealkylation sites (tertiary alicyclic amines) is 1. The fourth-order valence-electron chi connectivity index (χ4n) is 3.79. The Morgan fingerprint density at radius 1 is 1.36 bits per heavy atom. The second-order valence-electron chi connectivity index (χ2n) is 7.34. The largest absolute Gasteiger partial charge is 0.341 e. The third-order valence-corrected chi connectivity index (χ3v) is 5.31. The van der Waals surface area contributed by atoms with E-state index in [0.717, 1.165) is 24.1 Å². The minimum absolute atomic E-state index is 0.0168. The molecule has 5 nitrogen and oxygen atoms in total. The Labute approximate surface area is 148 Å². The van der Waals surface area contributed by atoms with E-state index in [1.54, 1.807) is 4.90 Å². The summed E-state index contributed by atoms with van der Waals surface area (Å²) in [6.45, 7) is 4.50. The predicted molar refractivity (Wildman–Crippen MR) is 93.5 cm³/mol. The van der Waals surface area contributed by atoms with Gasteiger partial charge in [0.25, 0.3) is 0 Å². The predicted octanol–water partition coefficient (Wildman–Crippen LogP) is 1.68. The number of fused-ring (bicyclic) bond motifs is 1. The van der Waals surface area contributed by atoms with Gasteiger partial charge in [-0.2, -0.15) is 0 Å². The molecular weight excluding hydrogens is 321 g/mol. The zero-order chi connectivity index (χ0) is 18.1. The van der Waals surface area contributed by atoms with Gasteiger partial charge in [-0.3, -0.25) is 9.59 Å². The molecule has 0 bridgehead atoms. The third-order valence-electron chi connectivity index (χ3n) is 5.31. The molecular formula is C19H26FN3O2. The van der Waals surface area contributed by atoms with Crippen molar-refractivity contribution in [2.75, 3.05) is 40.3 Å². The van der Waals surface area contributed by atoms with Crippen molar-refractivity contribution in [3.8, 4) is 0 Å². The molecule has 6 heteroatoms. The smallest absolute Gasteiger partial charge is 0.228 e. The molecule has 0 unspecified atom stereocenters. The Bertz CT molecular complexity index is 677. The van der Waals surface area contributed by atoms with E-state index in [0.29, 0.717) is 19.6 Å². The number of benzene rings is 1. The normalized spacial score (nSPS) is 23.3. The maximum atomic E-state index is 13.6. The van der Waals surface area contributed by atoms with Crippen molar-refractivity contribution in [2.45, 2.75) is 25.8 Å². The lowest BCUT2D eigenvalue weighted by molar-refractivity contribution is -0.138. The third kappa shape index (κ3) is 3.68.